The largest absolute Gasteiger partial charge is 0.481 e. The average Bonchev–Trinajstić information content (AvgIpc) is 2.57. The van der Waals surface area contributed by atoms with E-state index in [0.717, 1.165) is 5.92 Å². The van der Waals surface area contributed by atoms with Gasteiger partial charge < -0.3 is 5.11 Å². The van der Waals surface area contributed by atoms with Crippen molar-refractivity contribution in [2.45, 2.75) is 19.8 Å². The zero-order valence-corrected chi connectivity index (χ0v) is 6.08. The first-order valence-corrected chi connectivity index (χ1v) is 3.94. The molecule has 0 spiro atoms. The van der Waals surface area contributed by atoms with Gasteiger partial charge in [-0.05, 0) is 30.6 Å². The summed E-state index contributed by atoms with van der Waals surface area (Å²) >= 11 is 0. The quantitative estimate of drug-likeness (QED) is 0.628. The van der Waals surface area contributed by atoms with Crippen LogP contribution in [-0.4, -0.2) is 11.1 Å². The lowest BCUT2D eigenvalue weighted by Gasteiger charge is -1.87. The van der Waals surface area contributed by atoms with Crippen molar-refractivity contribution in [3.63, 3.8) is 0 Å². The summed E-state index contributed by atoms with van der Waals surface area (Å²) in [6.07, 6.45) is 2.55. The molecular formula is C8H12O2. The van der Waals surface area contributed by atoms with Crippen molar-refractivity contribution in [3.8, 4) is 0 Å². The molecule has 2 heteroatoms. The van der Waals surface area contributed by atoms with Crippen molar-refractivity contribution >= 4 is 5.97 Å². The van der Waals surface area contributed by atoms with Crippen LogP contribution < -0.4 is 0 Å². The molecule has 0 aromatic carbocycles. The third kappa shape index (κ3) is 0.746. The van der Waals surface area contributed by atoms with E-state index in [-0.39, 0.29) is 5.92 Å². The standard InChI is InChI=1S/C8H12O2/c1-4-6(5-2-3-5)7(4)8(9)10/h4-7H,2-3H2,1H3,(H,9,10)/t4-,6+,7+/m0/s1. The Bertz CT molecular complexity index is 172. The summed E-state index contributed by atoms with van der Waals surface area (Å²) in [6.45, 7) is 2.06. The molecule has 0 heterocycles. The second-order valence-electron chi connectivity index (χ2n) is 3.64. The van der Waals surface area contributed by atoms with E-state index in [2.05, 4.69) is 6.92 Å². The van der Waals surface area contributed by atoms with E-state index in [4.69, 9.17) is 5.11 Å². The molecule has 2 aliphatic rings. The monoisotopic (exact) mass is 140 g/mol. The lowest BCUT2D eigenvalue weighted by atomic mass is 10.2. The Labute approximate surface area is 60.2 Å². The van der Waals surface area contributed by atoms with E-state index in [1.807, 2.05) is 0 Å². The Morgan fingerprint density at radius 1 is 1.50 bits per heavy atom. The van der Waals surface area contributed by atoms with Crippen LogP contribution in [0.4, 0.5) is 0 Å². The molecule has 0 radical (unpaired) electrons. The van der Waals surface area contributed by atoms with Gasteiger partial charge in [0.05, 0.1) is 5.92 Å². The first-order chi connectivity index (χ1) is 4.72. The number of carboxylic acids is 1. The number of aliphatic carboxylic acids is 1. The van der Waals surface area contributed by atoms with Crippen LogP contribution in [0.2, 0.25) is 0 Å². The van der Waals surface area contributed by atoms with Gasteiger partial charge in [-0.2, -0.15) is 0 Å². The molecule has 2 saturated carbocycles. The molecule has 0 amide bonds. The van der Waals surface area contributed by atoms with Crippen LogP contribution in [0, 0.1) is 23.7 Å². The lowest BCUT2D eigenvalue weighted by Crippen LogP contribution is -2.00. The fourth-order valence-electron chi connectivity index (χ4n) is 2.09. The zero-order chi connectivity index (χ0) is 7.30. The van der Waals surface area contributed by atoms with Crippen LogP contribution in [0.5, 0.6) is 0 Å². The second-order valence-corrected chi connectivity index (χ2v) is 3.64. The van der Waals surface area contributed by atoms with Gasteiger partial charge in [-0.15, -0.1) is 0 Å². The first-order valence-electron chi connectivity index (χ1n) is 3.94. The van der Waals surface area contributed by atoms with Gasteiger partial charge in [0, 0.05) is 0 Å². The Hall–Kier alpha value is -0.530. The van der Waals surface area contributed by atoms with E-state index < -0.39 is 5.97 Å². The summed E-state index contributed by atoms with van der Waals surface area (Å²) in [4.78, 5) is 10.5. The molecule has 2 fully saturated rings. The van der Waals surface area contributed by atoms with Gasteiger partial charge in [0.15, 0.2) is 0 Å². The smallest absolute Gasteiger partial charge is 0.307 e. The van der Waals surface area contributed by atoms with Crippen LogP contribution in [-0.2, 0) is 4.79 Å². The Balaban J connectivity index is 1.96. The third-order valence-electron chi connectivity index (χ3n) is 2.90. The molecule has 2 rings (SSSR count). The van der Waals surface area contributed by atoms with Gasteiger partial charge in [0.25, 0.3) is 0 Å². The third-order valence-corrected chi connectivity index (χ3v) is 2.90. The summed E-state index contributed by atoms with van der Waals surface area (Å²) in [6, 6.07) is 0. The average molecular weight is 140 g/mol. The predicted octanol–water partition coefficient (Wildman–Crippen LogP) is 1.36. The van der Waals surface area contributed by atoms with Gasteiger partial charge in [0.1, 0.15) is 0 Å². The van der Waals surface area contributed by atoms with Crippen molar-refractivity contribution in [2.75, 3.05) is 0 Å². The zero-order valence-electron chi connectivity index (χ0n) is 6.08. The summed E-state index contributed by atoms with van der Waals surface area (Å²) in [5.74, 6) is 1.20. The van der Waals surface area contributed by atoms with Crippen molar-refractivity contribution < 1.29 is 9.90 Å². The minimum Gasteiger partial charge on any atom is -0.481 e. The molecule has 2 nitrogen and oxygen atoms in total. The highest BCUT2D eigenvalue weighted by Crippen LogP contribution is 2.58. The molecule has 2 aliphatic carbocycles. The predicted molar refractivity (Wildman–Crippen MR) is 36.5 cm³/mol. The van der Waals surface area contributed by atoms with Crippen LogP contribution in [0.25, 0.3) is 0 Å². The summed E-state index contributed by atoms with van der Waals surface area (Å²) in [5, 5.41) is 8.67. The minimum atomic E-state index is -0.579. The molecule has 0 aromatic heterocycles. The number of hydrogen-bond acceptors (Lipinski definition) is 1. The number of carbonyl (C=O) groups is 1. The van der Waals surface area contributed by atoms with Crippen molar-refractivity contribution in [2.24, 2.45) is 23.7 Å². The van der Waals surface area contributed by atoms with Crippen LogP contribution in [0.15, 0.2) is 0 Å². The molecule has 0 saturated heterocycles. The fraction of sp³-hybridized carbons (Fsp3) is 0.875. The molecule has 0 aromatic rings. The highest BCUT2D eigenvalue weighted by Gasteiger charge is 2.58. The summed E-state index contributed by atoms with van der Waals surface area (Å²) < 4.78 is 0. The molecule has 3 atom stereocenters. The molecular weight excluding hydrogens is 128 g/mol. The normalized spacial score (nSPS) is 45.1. The van der Waals surface area contributed by atoms with Crippen LogP contribution in [0.1, 0.15) is 19.8 Å². The highest BCUT2D eigenvalue weighted by atomic mass is 16.4. The maximum absolute atomic E-state index is 10.5. The van der Waals surface area contributed by atoms with Crippen molar-refractivity contribution in [1.82, 2.24) is 0 Å². The molecule has 0 aliphatic heterocycles. The van der Waals surface area contributed by atoms with Gasteiger partial charge in [-0.1, -0.05) is 6.92 Å². The van der Waals surface area contributed by atoms with Crippen LogP contribution >= 0.6 is 0 Å². The van der Waals surface area contributed by atoms with E-state index in [1.54, 1.807) is 0 Å². The molecule has 10 heavy (non-hydrogen) atoms. The van der Waals surface area contributed by atoms with Gasteiger partial charge >= 0.3 is 5.97 Å². The van der Waals surface area contributed by atoms with Crippen molar-refractivity contribution in [1.29, 1.82) is 0 Å². The minimum absolute atomic E-state index is 0.00694. The first kappa shape index (κ1) is 6.20. The Kier molecular flexibility index (Phi) is 1.08. The van der Waals surface area contributed by atoms with E-state index in [9.17, 15) is 4.79 Å². The molecule has 0 unspecified atom stereocenters. The van der Waals surface area contributed by atoms with E-state index in [1.165, 1.54) is 12.8 Å². The van der Waals surface area contributed by atoms with Crippen LogP contribution in [0.3, 0.4) is 0 Å². The fourth-order valence-corrected chi connectivity index (χ4v) is 2.09. The van der Waals surface area contributed by atoms with Gasteiger partial charge in [-0.3, -0.25) is 4.79 Å². The van der Waals surface area contributed by atoms with Crippen molar-refractivity contribution in [3.05, 3.63) is 0 Å². The lowest BCUT2D eigenvalue weighted by molar-refractivity contribution is -0.139. The SMILES string of the molecule is C[C@@H]1[C@@H](C(=O)O)[C@H]1C1CC1. The molecule has 0 bridgehead atoms. The maximum atomic E-state index is 10.5. The molecule has 56 valence electrons. The number of carboxylic acid groups (broad SMARTS) is 1. The molecule has 1 N–H and O–H groups in total. The Morgan fingerprint density at radius 3 is 2.40 bits per heavy atom. The van der Waals surface area contributed by atoms with E-state index in [0.29, 0.717) is 11.8 Å². The summed E-state index contributed by atoms with van der Waals surface area (Å²) in [7, 11) is 0. The maximum Gasteiger partial charge on any atom is 0.307 e. The van der Waals surface area contributed by atoms with Gasteiger partial charge in [0.2, 0.25) is 0 Å². The number of rotatable bonds is 2. The van der Waals surface area contributed by atoms with E-state index >= 15 is 0 Å². The Morgan fingerprint density at radius 2 is 2.10 bits per heavy atom. The topological polar surface area (TPSA) is 37.3 Å². The second kappa shape index (κ2) is 1.74. The highest BCUT2D eigenvalue weighted by molar-refractivity contribution is 5.74. The summed E-state index contributed by atoms with van der Waals surface area (Å²) in [5.41, 5.74) is 0. The number of hydrogen-bond donors (Lipinski definition) is 1. The van der Waals surface area contributed by atoms with Gasteiger partial charge in [-0.25, -0.2) is 0 Å².